The minimum absolute atomic E-state index is 0.0595. The van der Waals surface area contributed by atoms with Crippen LogP contribution in [0.15, 0.2) is 36.9 Å². The van der Waals surface area contributed by atoms with Crippen LogP contribution in [0.2, 0.25) is 0 Å². The molecule has 5 heteroatoms. The highest BCUT2D eigenvalue weighted by Gasteiger charge is 2.31. The van der Waals surface area contributed by atoms with Crippen LogP contribution in [0, 0.1) is 0 Å². The zero-order valence-corrected chi connectivity index (χ0v) is 13.4. The van der Waals surface area contributed by atoms with Crippen LogP contribution in [0.4, 0.5) is 13.2 Å². The van der Waals surface area contributed by atoms with Crippen LogP contribution in [-0.4, -0.2) is 31.1 Å². The molecule has 2 rings (SSSR count). The lowest BCUT2D eigenvalue weighted by Crippen LogP contribution is -2.45. The van der Waals surface area contributed by atoms with E-state index in [1.165, 1.54) is 12.1 Å². The summed E-state index contributed by atoms with van der Waals surface area (Å²) in [5.41, 5.74) is 0.224. The molecule has 1 atom stereocenters. The summed E-state index contributed by atoms with van der Waals surface area (Å²) in [5.74, 6) is 0. The minimum Gasteiger partial charge on any atom is -0.314 e. The lowest BCUT2D eigenvalue weighted by Gasteiger charge is -2.35. The normalized spacial score (nSPS) is 17.9. The Morgan fingerprint density at radius 3 is 2.61 bits per heavy atom. The van der Waals surface area contributed by atoms with Gasteiger partial charge in [0.05, 0.1) is 5.56 Å². The van der Waals surface area contributed by atoms with Crippen molar-refractivity contribution in [2.24, 2.45) is 0 Å². The van der Waals surface area contributed by atoms with Crippen molar-refractivity contribution in [3.8, 4) is 0 Å². The Morgan fingerprint density at radius 2 is 1.96 bits per heavy atom. The second-order valence-electron chi connectivity index (χ2n) is 6.00. The Bertz CT molecular complexity index is 493. The highest BCUT2D eigenvalue weighted by molar-refractivity contribution is 5.28. The summed E-state index contributed by atoms with van der Waals surface area (Å²) in [6.07, 6.45) is 1.48. The molecule has 2 nitrogen and oxygen atoms in total. The molecule has 1 saturated heterocycles. The number of allylic oxidation sites excluding steroid dienone is 1. The molecular weight excluding hydrogens is 301 g/mol. The van der Waals surface area contributed by atoms with E-state index >= 15 is 0 Å². The van der Waals surface area contributed by atoms with Crippen molar-refractivity contribution in [1.29, 1.82) is 0 Å². The fraction of sp³-hybridized carbons (Fsp3) is 0.556. The van der Waals surface area contributed by atoms with Crippen molar-refractivity contribution in [3.05, 3.63) is 48.0 Å². The number of nitrogens with zero attached hydrogens (tertiary/aromatic N) is 1. The third-order valence-corrected chi connectivity index (χ3v) is 4.33. The van der Waals surface area contributed by atoms with E-state index in [0.717, 1.165) is 63.5 Å². The van der Waals surface area contributed by atoms with Crippen LogP contribution in [0.1, 0.15) is 42.9 Å². The molecule has 0 aliphatic carbocycles. The van der Waals surface area contributed by atoms with Crippen molar-refractivity contribution in [1.82, 2.24) is 10.2 Å². The zero-order chi connectivity index (χ0) is 16.7. The van der Waals surface area contributed by atoms with Crippen LogP contribution in [0.5, 0.6) is 0 Å². The van der Waals surface area contributed by atoms with Gasteiger partial charge < -0.3 is 5.32 Å². The van der Waals surface area contributed by atoms with E-state index < -0.39 is 11.7 Å². The van der Waals surface area contributed by atoms with Gasteiger partial charge in [-0.15, -0.1) is 6.58 Å². The Labute approximate surface area is 136 Å². The van der Waals surface area contributed by atoms with E-state index in [1.54, 1.807) is 0 Å². The predicted octanol–water partition coefficient (Wildman–Crippen LogP) is 4.40. The number of hydrogen-bond acceptors (Lipinski definition) is 2. The van der Waals surface area contributed by atoms with E-state index in [2.05, 4.69) is 16.8 Å². The van der Waals surface area contributed by atoms with Gasteiger partial charge in [0.1, 0.15) is 0 Å². The molecule has 0 saturated carbocycles. The quantitative estimate of drug-likeness (QED) is 0.590. The maximum absolute atomic E-state index is 13.0. The summed E-state index contributed by atoms with van der Waals surface area (Å²) in [6, 6.07) is 5.88. The van der Waals surface area contributed by atoms with Crippen LogP contribution >= 0.6 is 0 Å². The van der Waals surface area contributed by atoms with E-state index in [4.69, 9.17) is 0 Å². The predicted molar refractivity (Wildman–Crippen MR) is 87.3 cm³/mol. The number of hydrogen-bond donors (Lipinski definition) is 1. The summed E-state index contributed by atoms with van der Waals surface area (Å²) < 4.78 is 39.0. The summed E-state index contributed by atoms with van der Waals surface area (Å²) in [6.45, 7) is 7.26. The maximum Gasteiger partial charge on any atom is 0.416 e. The van der Waals surface area contributed by atoms with Gasteiger partial charge in [-0.3, -0.25) is 4.90 Å². The molecule has 0 amide bonds. The first-order valence-corrected chi connectivity index (χ1v) is 8.25. The molecule has 1 fully saturated rings. The van der Waals surface area contributed by atoms with E-state index in [1.807, 2.05) is 12.1 Å². The van der Waals surface area contributed by atoms with Gasteiger partial charge in [0.2, 0.25) is 0 Å². The van der Waals surface area contributed by atoms with E-state index in [9.17, 15) is 13.2 Å². The Hall–Kier alpha value is -1.33. The number of halogens is 3. The molecule has 1 heterocycles. The second kappa shape index (κ2) is 8.50. The topological polar surface area (TPSA) is 15.3 Å². The summed E-state index contributed by atoms with van der Waals surface area (Å²) in [5, 5.41) is 3.30. The van der Waals surface area contributed by atoms with Gasteiger partial charge in [-0.2, -0.15) is 13.2 Å². The molecule has 0 unspecified atom stereocenters. The maximum atomic E-state index is 13.0. The van der Waals surface area contributed by atoms with Crippen molar-refractivity contribution in [2.75, 3.05) is 26.2 Å². The van der Waals surface area contributed by atoms with Crippen LogP contribution in [0.3, 0.4) is 0 Å². The van der Waals surface area contributed by atoms with Crippen molar-refractivity contribution in [2.45, 2.75) is 37.9 Å². The second-order valence-corrected chi connectivity index (χ2v) is 6.00. The van der Waals surface area contributed by atoms with Gasteiger partial charge >= 0.3 is 6.18 Å². The van der Waals surface area contributed by atoms with Crippen molar-refractivity contribution in [3.63, 3.8) is 0 Å². The highest BCUT2D eigenvalue weighted by atomic mass is 19.4. The molecular formula is C18H25F3N2. The Kier molecular flexibility index (Phi) is 6.66. The largest absolute Gasteiger partial charge is 0.416 e. The molecule has 0 bridgehead atoms. The standard InChI is InChI=1S/C18H25F3N2/c1-2-3-4-5-9-17(23-12-10-22-11-13-23)15-7-6-8-16(14-15)18(19,20)21/h2,6-8,14,17,22H,1,3-5,9-13H2/t17-/m1/s1. The van der Waals surface area contributed by atoms with Gasteiger partial charge in [0, 0.05) is 32.2 Å². The zero-order valence-electron chi connectivity index (χ0n) is 13.4. The first kappa shape index (κ1) is 18.0. The Balaban J connectivity index is 2.16. The van der Waals surface area contributed by atoms with Crippen LogP contribution < -0.4 is 5.32 Å². The molecule has 1 aliphatic heterocycles. The third kappa shape index (κ3) is 5.36. The van der Waals surface area contributed by atoms with Crippen molar-refractivity contribution >= 4 is 0 Å². The lowest BCUT2D eigenvalue weighted by molar-refractivity contribution is -0.137. The molecule has 0 spiro atoms. The monoisotopic (exact) mass is 326 g/mol. The molecule has 1 aromatic rings. The average Bonchev–Trinajstić information content (AvgIpc) is 2.55. The third-order valence-electron chi connectivity index (χ3n) is 4.33. The first-order valence-electron chi connectivity index (χ1n) is 8.25. The average molecular weight is 326 g/mol. The lowest BCUT2D eigenvalue weighted by atomic mass is 9.96. The fourth-order valence-electron chi connectivity index (χ4n) is 3.10. The van der Waals surface area contributed by atoms with Crippen molar-refractivity contribution < 1.29 is 13.2 Å². The van der Waals surface area contributed by atoms with Gasteiger partial charge in [-0.05, 0) is 37.0 Å². The molecule has 0 aromatic heterocycles. The number of alkyl halides is 3. The molecule has 1 N–H and O–H groups in total. The fourth-order valence-corrected chi connectivity index (χ4v) is 3.10. The van der Waals surface area contributed by atoms with Gasteiger partial charge in [-0.25, -0.2) is 0 Å². The van der Waals surface area contributed by atoms with Gasteiger partial charge in [0.25, 0.3) is 0 Å². The summed E-state index contributed by atoms with van der Waals surface area (Å²) in [4.78, 5) is 2.31. The number of nitrogens with one attached hydrogen (secondary N) is 1. The van der Waals surface area contributed by atoms with Gasteiger partial charge in [0.15, 0.2) is 0 Å². The Morgan fingerprint density at radius 1 is 1.22 bits per heavy atom. The number of rotatable bonds is 7. The summed E-state index contributed by atoms with van der Waals surface area (Å²) >= 11 is 0. The minimum atomic E-state index is -4.28. The SMILES string of the molecule is C=CCCCC[C@H](c1cccc(C(F)(F)F)c1)N1CCNCC1. The van der Waals surface area contributed by atoms with Crippen LogP contribution in [-0.2, 0) is 6.18 Å². The number of benzene rings is 1. The molecule has 128 valence electrons. The highest BCUT2D eigenvalue weighted by Crippen LogP contribution is 2.33. The smallest absolute Gasteiger partial charge is 0.314 e. The molecule has 0 radical (unpaired) electrons. The van der Waals surface area contributed by atoms with E-state index in [0.29, 0.717) is 0 Å². The molecule has 1 aromatic carbocycles. The van der Waals surface area contributed by atoms with E-state index in [-0.39, 0.29) is 6.04 Å². The van der Waals surface area contributed by atoms with Crippen LogP contribution in [0.25, 0.3) is 0 Å². The molecule has 1 aliphatic rings. The summed E-state index contributed by atoms with van der Waals surface area (Å²) in [7, 11) is 0. The first-order chi connectivity index (χ1) is 11.0. The number of piperazine rings is 1. The molecule has 23 heavy (non-hydrogen) atoms. The number of unbranched alkanes of at least 4 members (excludes halogenated alkanes) is 2. The van der Waals surface area contributed by atoms with Gasteiger partial charge in [-0.1, -0.05) is 24.6 Å².